The molecule has 0 aromatic rings. The van der Waals surface area contributed by atoms with Crippen LogP contribution in [0.25, 0.3) is 0 Å². The summed E-state index contributed by atoms with van der Waals surface area (Å²) in [5.74, 6) is -1.67. The zero-order valence-electron chi connectivity index (χ0n) is 14.8. The van der Waals surface area contributed by atoms with E-state index in [1.165, 1.54) is 39.6 Å². The third kappa shape index (κ3) is 7.74. The van der Waals surface area contributed by atoms with E-state index < -0.39 is 41.7 Å². The van der Waals surface area contributed by atoms with Gasteiger partial charge in [-0.25, -0.2) is 4.99 Å². The predicted molar refractivity (Wildman–Crippen MR) is 89.0 cm³/mol. The van der Waals surface area contributed by atoms with E-state index >= 15 is 0 Å². The van der Waals surface area contributed by atoms with Gasteiger partial charge in [0.05, 0.1) is 13.7 Å². The van der Waals surface area contributed by atoms with Crippen molar-refractivity contribution in [3.05, 3.63) is 0 Å². The molecule has 0 saturated carbocycles. The quantitative estimate of drug-likeness (QED) is 0.521. The van der Waals surface area contributed by atoms with E-state index in [1.807, 2.05) is 0 Å². The second kappa shape index (κ2) is 10.2. The SMILES string of the molecule is CO/C1=N/C[C@@H](OC(C)=O)[C@H](OC(C)=O)[C@@H](COC(C)=O)OC(C)S1. The van der Waals surface area contributed by atoms with Gasteiger partial charge in [-0.05, 0) is 18.7 Å². The molecule has 0 spiro atoms. The van der Waals surface area contributed by atoms with Crippen molar-refractivity contribution in [3.8, 4) is 0 Å². The number of hydrogen-bond acceptors (Lipinski definition) is 10. The lowest BCUT2D eigenvalue weighted by molar-refractivity contribution is -0.184. The number of nitrogens with zero attached hydrogens (tertiary/aromatic N) is 1. The van der Waals surface area contributed by atoms with Crippen LogP contribution in [0, 0.1) is 0 Å². The minimum absolute atomic E-state index is 0.000349. The van der Waals surface area contributed by atoms with Crippen LogP contribution >= 0.6 is 11.8 Å². The highest BCUT2D eigenvalue weighted by Gasteiger charge is 2.38. The van der Waals surface area contributed by atoms with Gasteiger partial charge in [-0.2, -0.15) is 0 Å². The highest BCUT2D eigenvalue weighted by molar-refractivity contribution is 8.13. The maximum absolute atomic E-state index is 11.5. The van der Waals surface area contributed by atoms with E-state index in [1.54, 1.807) is 6.92 Å². The van der Waals surface area contributed by atoms with Crippen molar-refractivity contribution in [1.82, 2.24) is 0 Å². The highest BCUT2D eigenvalue weighted by Crippen LogP contribution is 2.24. The molecule has 1 unspecified atom stereocenters. The van der Waals surface area contributed by atoms with Crippen molar-refractivity contribution in [2.24, 2.45) is 4.99 Å². The largest absolute Gasteiger partial charge is 0.476 e. The van der Waals surface area contributed by atoms with Gasteiger partial charge in [0.1, 0.15) is 18.1 Å². The molecule has 142 valence electrons. The van der Waals surface area contributed by atoms with Gasteiger partial charge in [-0.15, -0.1) is 0 Å². The Morgan fingerprint density at radius 2 is 1.80 bits per heavy atom. The van der Waals surface area contributed by atoms with Gasteiger partial charge in [0, 0.05) is 20.8 Å². The lowest BCUT2D eigenvalue weighted by Gasteiger charge is -2.31. The molecule has 0 aromatic carbocycles. The first-order valence-corrected chi connectivity index (χ1v) is 8.49. The number of hydrogen-bond donors (Lipinski definition) is 0. The minimum atomic E-state index is -0.997. The summed E-state index contributed by atoms with van der Waals surface area (Å²) in [6, 6.07) is 0. The van der Waals surface area contributed by atoms with Crippen LogP contribution in [0.3, 0.4) is 0 Å². The van der Waals surface area contributed by atoms with Gasteiger partial charge in [0.15, 0.2) is 12.2 Å². The lowest BCUT2D eigenvalue weighted by atomic mass is 10.1. The fourth-order valence-corrected chi connectivity index (χ4v) is 2.87. The van der Waals surface area contributed by atoms with Gasteiger partial charge < -0.3 is 23.7 Å². The van der Waals surface area contributed by atoms with E-state index in [2.05, 4.69) is 4.99 Å². The van der Waals surface area contributed by atoms with Gasteiger partial charge >= 0.3 is 17.9 Å². The number of aliphatic imine (C=N–C) groups is 1. The lowest BCUT2D eigenvalue weighted by Crippen LogP contribution is -2.48. The first-order chi connectivity index (χ1) is 11.7. The van der Waals surface area contributed by atoms with Crippen LogP contribution in [0.5, 0.6) is 0 Å². The summed E-state index contributed by atoms with van der Waals surface area (Å²) < 4.78 is 26.6. The Bertz CT molecular complexity index is 524. The maximum atomic E-state index is 11.5. The average molecular weight is 377 g/mol. The molecule has 10 heteroatoms. The molecule has 0 saturated heterocycles. The molecule has 0 bridgehead atoms. The molecule has 1 aliphatic heterocycles. The van der Waals surface area contributed by atoms with Gasteiger partial charge in [0.25, 0.3) is 0 Å². The Balaban J connectivity index is 3.16. The average Bonchev–Trinajstić information content (AvgIpc) is 2.55. The Hall–Kier alpha value is -1.81. The van der Waals surface area contributed by atoms with E-state index in [4.69, 9.17) is 23.7 Å². The molecule has 0 N–H and O–H groups in total. The second-order valence-corrected chi connectivity index (χ2v) is 6.44. The first kappa shape index (κ1) is 21.2. The molecule has 0 fully saturated rings. The van der Waals surface area contributed by atoms with Crippen molar-refractivity contribution >= 4 is 34.9 Å². The molecule has 0 radical (unpaired) electrons. The Morgan fingerprint density at radius 1 is 1.16 bits per heavy atom. The first-order valence-electron chi connectivity index (χ1n) is 7.61. The zero-order valence-corrected chi connectivity index (χ0v) is 15.7. The topological polar surface area (TPSA) is 110 Å². The third-order valence-corrected chi connectivity index (χ3v) is 3.95. The standard InChI is InChI=1S/C15H23NO8S/c1-8(17)21-7-13-14(23-10(3)19)12(22-9(2)18)6-16-15(20-5)25-11(4)24-13/h11-14H,6-7H2,1-5H3/b16-15-/t11?,12-,13-,14+/m1/s1. The summed E-state index contributed by atoms with van der Waals surface area (Å²) >= 11 is 1.20. The Kier molecular flexibility index (Phi) is 8.70. The van der Waals surface area contributed by atoms with Crippen LogP contribution in [-0.4, -0.2) is 67.1 Å². The van der Waals surface area contributed by atoms with Crippen LogP contribution in [0.15, 0.2) is 4.99 Å². The molecule has 4 atom stereocenters. The summed E-state index contributed by atoms with van der Waals surface area (Å²) in [5, 5.41) is 0.333. The number of carbonyl (C=O) groups excluding carboxylic acids is 3. The molecule has 1 rings (SSSR count). The van der Waals surface area contributed by atoms with Gasteiger partial charge in [0.2, 0.25) is 5.23 Å². The maximum Gasteiger partial charge on any atom is 0.303 e. The molecular formula is C15H23NO8S. The normalized spacial score (nSPS) is 29.1. The second-order valence-electron chi connectivity index (χ2n) is 5.20. The van der Waals surface area contributed by atoms with E-state index in [-0.39, 0.29) is 13.2 Å². The Morgan fingerprint density at radius 3 is 2.32 bits per heavy atom. The zero-order chi connectivity index (χ0) is 19.0. The molecule has 1 heterocycles. The molecule has 0 amide bonds. The van der Waals surface area contributed by atoms with Crippen LogP contribution in [0.4, 0.5) is 0 Å². The summed E-state index contributed by atoms with van der Waals surface area (Å²) in [6.07, 6.45) is -2.76. The van der Waals surface area contributed by atoms with Crippen molar-refractivity contribution in [1.29, 1.82) is 0 Å². The van der Waals surface area contributed by atoms with Crippen LogP contribution in [0.1, 0.15) is 27.7 Å². The highest BCUT2D eigenvalue weighted by atomic mass is 32.2. The van der Waals surface area contributed by atoms with Crippen molar-refractivity contribution in [3.63, 3.8) is 0 Å². The fraction of sp³-hybridized carbons (Fsp3) is 0.733. The number of thioether (sulfide) groups is 1. The van der Waals surface area contributed by atoms with Crippen LogP contribution in [0.2, 0.25) is 0 Å². The Labute approximate surface area is 150 Å². The number of esters is 3. The smallest absolute Gasteiger partial charge is 0.303 e. The van der Waals surface area contributed by atoms with E-state index in [0.717, 1.165) is 0 Å². The fourth-order valence-electron chi connectivity index (χ4n) is 2.15. The van der Waals surface area contributed by atoms with Crippen molar-refractivity contribution in [2.75, 3.05) is 20.3 Å². The number of ether oxygens (including phenoxy) is 5. The molecular weight excluding hydrogens is 354 g/mol. The minimum Gasteiger partial charge on any atom is -0.476 e. The van der Waals surface area contributed by atoms with E-state index in [9.17, 15) is 14.4 Å². The van der Waals surface area contributed by atoms with E-state index in [0.29, 0.717) is 5.23 Å². The molecule has 0 aromatic heterocycles. The van der Waals surface area contributed by atoms with Crippen LogP contribution in [-0.2, 0) is 38.1 Å². The summed E-state index contributed by atoms with van der Waals surface area (Å²) in [6.45, 7) is 5.29. The predicted octanol–water partition coefficient (Wildman–Crippen LogP) is 0.893. The number of rotatable bonds is 4. The van der Waals surface area contributed by atoms with Crippen LogP contribution < -0.4 is 0 Å². The summed E-state index contributed by atoms with van der Waals surface area (Å²) in [5.41, 5.74) is -0.437. The molecule has 0 aliphatic carbocycles. The third-order valence-electron chi connectivity index (χ3n) is 3.01. The van der Waals surface area contributed by atoms with Crippen molar-refractivity contribution in [2.45, 2.75) is 51.4 Å². The number of carbonyl (C=O) groups is 3. The molecule has 25 heavy (non-hydrogen) atoms. The number of methoxy groups -OCH3 is 1. The monoisotopic (exact) mass is 377 g/mol. The van der Waals surface area contributed by atoms with Gasteiger partial charge in [-0.1, -0.05) is 0 Å². The summed E-state index contributed by atoms with van der Waals surface area (Å²) in [4.78, 5) is 38.4. The van der Waals surface area contributed by atoms with Crippen molar-refractivity contribution < 1.29 is 38.1 Å². The molecule has 1 aliphatic rings. The summed E-state index contributed by atoms with van der Waals surface area (Å²) in [7, 11) is 1.46. The molecule has 9 nitrogen and oxygen atoms in total. The van der Waals surface area contributed by atoms with Gasteiger partial charge in [-0.3, -0.25) is 14.4 Å².